The summed E-state index contributed by atoms with van der Waals surface area (Å²) in [4.78, 5) is 12.0. The highest BCUT2D eigenvalue weighted by atomic mass is 79.9. The largest absolute Gasteiger partial charge is 0.488 e. The standard InChI is InChI=1S/C17H15BrFNO2/c18-14-7-11(5-6-15(14)19)8-17(21)20-10-13-9-12-3-1-2-4-16(12)22-13/h1-7,13H,8-10H2,(H,20,21)/t13-/m1/s1. The molecule has 1 amide bonds. The highest BCUT2D eigenvalue weighted by molar-refractivity contribution is 9.10. The van der Waals surface area contributed by atoms with Crippen molar-refractivity contribution < 1.29 is 13.9 Å². The molecule has 5 heteroatoms. The van der Waals surface area contributed by atoms with Crippen LogP contribution in [0.2, 0.25) is 0 Å². The molecule has 0 fully saturated rings. The van der Waals surface area contributed by atoms with Gasteiger partial charge < -0.3 is 10.1 Å². The quantitative estimate of drug-likeness (QED) is 0.905. The average molecular weight is 364 g/mol. The van der Waals surface area contributed by atoms with Crippen molar-refractivity contribution in [1.29, 1.82) is 0 Å². The number of carbonyl (C=O) groups is 1. The van der Waals surface area contributed by atoms with E-state index in [0.717, 1.165) is 17.7 Å². The number of carbonyl (C=O) groups excluding carboxylic acids is 1. The molecule has 0 saturated heterocycles. The van der Waals surface area contributed by atoms with E-state index in [2.05, 4.69) is 21.2 Å². The number of hydrogen-bond donors (Lipinski definition) is 1. The molecule has 1 aliphatic heterocycles. The van der Waals surface area contributed by atoms with E-state index in [9.17, 15) is 9.18 Å². The summed E-state index contributed by atoms with van der Waals surface area (Å²) in [5.74, 6) is 0.462. The zero-order valence-electron chi connectivity index (χ0n) is 11.8. The average Bonchev–Trinajstić information content (AvgIpc) is 2.92. The molecule has 3 nitrogen and oxygen atoms in total. The fraction of sp³-hybridized carbons (Fsp3) is 0.235. The van der Waals surface area contributed by atoms with Crippen LogP contribution in [0.5, 0.6) is 5.75 Å². The minimum atomic E-state index is -0.332. The molecule has 3 rings (SSSR count). The van der Waals surface area contributed by atoms with Gasteiger partial charge in [-0.2, -0.15) is 0 Å². The number of benzene rings is 2. The Hall–Kier alpha value is -1.88. The molecule has 1 aliphatic rings. The first-order valence-electron chi connectivity index (χ1n) is 7.07. The summed E-state index contributed by atoms with van der Waals surface area (Å²) < 4.78 is 19.3. The SMILES string of the molecule is O=C(Cc1ccc(F)c(Br)c1)NC[C@H]1Cc2ccccc2O1. The van der Waals surface area contributed by atoms with Crippen molar-refractivity contribution in [1.82, 2.24) is 5.32 Å². The maximum atomic E-state index is 13.2. The third kappa shape index (κ3) is 3.47. The lowest BCUT2D eigenvalue weighted by atomic mass is 10.1. The van der Waals surface area contributed by atoms with Crippen molar-refractivity contribution in [3.63, 3.8) is 0 Å². The van der Waals surface area contributed by atoms with Gasteiger partial charge in [0.15, 0.2) is 0 Å². The lowest BCUT2D eigenvalue weighted by molar-refractivity contribution is -0.120. The van der Waals surface area contributed by atoms with Crippen LogP contribution in [-0.2, 0) is 17.6 Å². The maximum Gasteiger partial charge on any atom is 0.224 e. The second-order valence-electron chi connectivity index (χ2n) is 5.28. The highest BCUT2D eigenvalue weighted by Gasteiger charge is 2.22. The number of fused-ring (bicyclic) bond motifs is 1. The van der Waals surface area contributed by atoms with Gasteiger partial charge in [-0.1, -0.05) is 24.3 Å². The molecule has 22 heavy (non-hydrogen) atoms. The monoisotopic (exact) mass is 363 g/mol. The van der Waals surface area contributed by atoms with Gasteiger partial charge >= 0.3 is 0 Å². The Morgan fingerprint density at radius 3 is 2.91 bits per heavy atom. The third-order valence-electron chi connectivity index (χ3n) is 3.59. The van der Waals surface area contributed by atoms with Gasteiger partial charge in [0.2, 0.25) is 5.91 Å². The molecule has 0 unspecified atom stereocenters. The van der Waals surface area contributed by atoms with Crippen LogP contribution < -0.4 is 10.1 Å². The minimum absolute atomic E-state index is 0.0266. The molecule has 0 saturated carbocycles. The van der Waals surface area contributed by atoms with Gasteiger partial charge in [0.25, 0.3) is 0 Å². The lowest BCUT2D eigenvalue weighted by Gasteiger charge is -2.12. The summed E-state index contributed by atoms with van der Waals surface area (Å²) in [7, 11) is 0. The second-order valence-corrected chi connectivity index (χ2v) is 6.14. The van der Waals surface area contributed by atoms with E-state index in [-0.39, 0.29) is 24.2 Å². The number of hydrogen-bond acceptors (Lipinski definition) is 2. The first kappa shape index (κ1) is 15.0. The molecule has 1 atom stereocenters. The molecule has 1 N–H and O–H groups in total. The van der Waals surface area contributed by atoms with Gasteiger partial charge in [-0.15, -0.1) is 0 Å². The molecule has 0 radical (unpaired) electrons. The van der Waals surface area contributed by atoms with Gasteiger partial charge in [0.05, 0.1) is 17.4 Å². The van der Waals surface area contributed by atoms with Crippen LogP contribution in [-0.4, -0.2) is 18.6 Å². The van der Waals surface area contributed by atoms with Gasteiger partial charge in [-0.3, -0.25) is 4.79 Å². The zero-order chi connectivity index (χ0) is 15.5. The Kier molecular flexibility index (Phi) is 4.43. The molecule has 0 bridgehead atoms. The van der Waals surface area contributed by atoms with Gasteiger partial charge in [-0.25, -0.2) is 4.39 Å². The second kappa shape index (κ2) is 6.48. The Morgan fingerprint density at radius 2 is 2.14 bits per heavy atom. The van der Waals surface area contributed by atoms with E-state index < -0.39 is 0 Å². The summed E-state index contributed by atoms with van der Waals surface area (Å²) in [6.07, 6.45) is 0.998. The topological polar surface area (TPSA) is 38.3 Å². The zero-order valence-corrected chi connectivity index (χ0v) is 13.4. The summed E-state index contributed by atoms with van der Waals surface area (Å²) in [6.45, 7) is 0.468. The molecule has 114 valence electrons. The summed E-state index contributed by atoms with van der Waals surface area (Å²) in [5, 5.41) is 2.87. The smallest absolute Gasteiger partial charge is 0.224 e. The van der Waals surface area contributed by atoms with Crippen LogP contribution in [0.4, 0.5) is 4.39 Å². The third-order valence-corrected chi connectivity index (χ3v) is 4.20. The van der Waals surface area contributed by atoms with E-state index in [1.165, 1.54) is 11.6 Å². The van der Waals surface area contributed by atoms with E-state index >= 15 is 0 Å². The number of halogens is 2. The number of amides is 1. The summed E-state index contributed by atoms with van der Waals surface area (Å²) in [6, 6.07) is 12.5. The lowest BCUT2D eigenvalue weighted by Crippen LogP contribution is -2.35. The van der Waals surface area contributed by atoms with Crippen LogP contribution in [0, 0.1) is 5.82 Å². The van der Waals surface area contributed by atoms with Crippen molar-refractivity contribution in [2.75, 3.05) is 6.54 Å². The Balaban J connectivity index is 1.50. The van der Waals surface area contributed by atoms with Crippen LogP contribution in [0.15, 0.2) is 46.9 Å². The van der Waals surface area contributed by atoms with Crippen molar-refractivity contribution in [3.8, 4) is 5.75 Å². The van der Waals surface area contributed by atoms with E-state index in [4.69, 9.17) is 4.74 Å². The van der Waals surface area contributed by atoms with Crippen LogP contribution in [0.1, 0.15) is 11.1 Å². The van der Waals surface area contributed by atoms with Gasteiger partial charge in [0.1, 0.15) is 17.7 Å². The molecule has 0 spiro atoms. The van der Waals surface area contributed by atoms with Gasteiger partial charge in [-0.05, 0) is 45.3 Å². The molecular formula is C17H15BrFNO2. The maximum absolute atomic E-state index is 13.2. The normalized spacial score (nSPS) is 16.0. The van der Waals surface area contributed by atoms with E-state index in [1.807, 2.05) is 24.3 Å². The van der Waals surface area contributed by atoms with Crippen molar-refractivity contribution >= 4 is 21.8 Å². The molecular weight excluding hydrogens is 349 g/mol. The predicted octanol–water partition coefficient (Wildman–Crippen LogP) is 3.25. The fourth-order valence-corrected chi connectivity index (χ4v) is 2.92. The first-order valence-corrected chi connectivity index (χ1v) is 7.86. The highest BCUT2D eigenvalue weighted by Crippen LogP contribution is 2.27. The minimum Gasteiger partial charge on any atom is -0.488 e. The summed E-state index contributed by atoms with van der Waals surface area (Å²) >= 11 is 3.12. The van der Waals surface area contributed by atoms with Crippen LogP contribution >= 0.6 is 15.9 Å². The predicted molar refractivity (Wildman–Crippen MR) is 85.4 cm³/mol. The number of ether oxygens (including phenoxy) is 1. The first-order chi connectivity index (χ1) is 10.6. The van der Waals surface area contributed by atoms with Crippen LogP contribution in [0.25, 0.3) is 0 Å². The molecule has 2 aromatic carbocycles. The fourth-order valence-electron chi connectivity index (χ4n) is 2.49. The van der Waals surface area contributed by atoms with Crippen LogP contribution in [0.3, 0.4) is 0 Å². The summed E-state index contributed by atoms with van der Waals surface area (Å²) in [5.41, 5.74) is 1.94. The van der Waals surface area contributed by atoms with Gasteiger partial charge in [0, 0.05) is 6.42 Å². The van der Waals surface area contributed by atoms with Crippen molar-refractivity contribution in [3.05, 3.63) is 63.9 Å². The molecule has 0 aliphatic carbocycles. The Bertz CT molecular complexity index is 680. The van der Waals surface area contributed by atoms with E-state index in [1.54, 1.807) is 12.1 Å². The Morgan fingerprint density at radius 1 is 1.32 bits per heavy atom. The van der Waals surface area contributed by atoms with Crippen molar-refractivity contribution in [2.24, 2.45) is 0 Å². The van der Waals surface area contributed by atoms with Crippen molar-refractivity contribution in [2.45, 2.75) is 18.9 Å². The Labute approximate surface area is 136 Å². The number of rotatable bonds is 4. The number of para-hydroxylation sites is 1. The molecule has 0 aromatic heterocycles. The molecule has 1 heterocycles. The molecule has 2 aromatic rings. The number of nitrogens with one attached hydrogen (secondary N) is 1. The van der Waals surface area contributed by atoms with E-state index in [0.29, 0.717) is 11.0 Å².